The van der Waals surface area contributed by atoms with E-state index >= 15 is 0 Å². The van der Waals surface area contributed by atoms with Crippen molar-refractivity contribution in [3.8, 4) is 5.88 Å². The molecular weight excluding hydrogens is 336 g/mol. The van der Waals surface area contributed by atoms with E-state index < -0.39 is 17.8 Å². The highest BCUT2D eigenvalue weighted by atomic mass is 35.5. The monoisotopic (exact) mass is 346 g/mol. The van der Waals surface area contributed by atoms with Gasteiger partial charge in [-0.05, 0) is 25.1 Å². The van der Waals surface area contributed by atoms with Gasteiger partial charge in [0.2, 0.25) is 5.88 Å². The smallest absolute Gasteiger partial charge is 0.365 e. The first-order chi connectivity index (χ1) is 11.5. The summed E-state index contributed by atoms with van der Waals surface area (Å²) in [6, 6.07) is 7.49. The lowest BCUT2D eigenvalue weighted by Crippen LogP contribution is -2.32. The maximum Gasteiger partial charge on any atom is 0.365 e. The van der Waals surface area contributed by atoms with Crippen LogP contribution in [0.4, 0.5) is 0 Å². The maximum atomic E-state index is 12.2. The van der Waals surface area contributed by atoms with Gasteiger partial charge >= 0.3 is 5.97 Å². The van der Waals surface area contributed by atoms with Crippen LogP contribution in [0, 0.1) is 0 Å². The molecular formula is C16H11ClN2O5. The number of carbonyl (C=O) groups excluding carboxylic acids is 3. The van der Waals surface area contributed by atoms with Gasteiger partial charge in [0.15, 0.2) is 0 Å². The van der Waals surface area contributed by atoms with Gasteiger partial charge in [-0.3, -0.25) is 9.59 Å². The average molecular weight is 347 g/mol. The fourth-order valence-corrected chi connectivity index (χ4v) is 2.39. The molecule has 0 radical (unpaired) electrons. The Morgan fingerprint density at radius 1 is 1.21 bits per heavy atom. The Bertz CT molecular complexity index is 817. The van der Waals surface area contributed by atoms with Gasteiger partial charge in [0.25, 0.3) is 11.8 Å². The zero-order valence-corrected chi connectivity index (χ0v) is 13.2. The van der Waals surface area contributed by atoms with Gasteiger partial charge in [0.1, 0.15) is 5.02 Å². The first-order valence-corrected chi connectivity index (χ1v) is 7.39. The Balaban J connectivity index is 1.80. The second-order valence-electron chi connectivity index (χ2n) is 4.77. The molecule has 0 unspecified atom stereocenters. The number of imide groups is 1. The predicted octanol–water partition coefficient (Wildman–Crippen LogP) is 2.50. The summed E-state index contributed by atoms with van der Waals surface area (Å²) in [4.78, 5) is 45.3. The summed E-state index contributed by atoms with van der Waals surface area (Å²) < 4.78 is 5.17. The fraction of sp³-hybridized carbons (Fsp3) is 0.125. The van der Waals surface area contributed by atoms with Crippen molar-refractivity contribution < 1.29 is 24.0 Å². The number of aromatic nitrogens is 1. The van der Waals surface area contributed by atoms with E-state index in [1.807, 2.05) is 0 Å². The zero-order chi connectivity index (χ0) is 17.3. The lowest BCUT2D eigenvalue weighted by molar-refractivity contribution is -0.0584. The second kappa shape index (κ2) is 6.29. The normalized spacial score (nSPS) is 13.0. The molecule has 1 aliphatic rings. The van der Waals surface area contributed by atoms with Crippen LogP contribution in [0.2, 0.25) is 5.02 Å². The molecule has 2 amide bonds. The van der Waals surface area contributed by atoms with Crippen LogP contribution in [0.3, 0.4) is 0 Å². The predicted molar refractivity (Wildman–Crippen MR) is 82.8 cm³/mol. The van der Waals surface area contributed by atoms with Crippen molar-refractivity contribution in [2.75, 3.05) is 6.61 Å². The van der Waals surface area contributed by atoms with E-state index in [0.717, 1.165) is 0 Å². The van der Waals surface area contributed by atoms with Crippen molar-refractivity contribution in [3.05, 3.63) is 58.2 Å². The number of ether oxygens (including phenoxy) is 1. The Kier molecular flexibility index (Phi) is 4.18. The Labute approximate surface area is 141 Å². The van der Waals surface area contributed by atoms with E-state index in [1.165, 1.54) is 24.4 Å². The summed E-state index contributed by atoms with van der Waals surface area (Å²) in [5, 5.41) is 0.547. The maximum absolute atomic E-state index is 12.2. The molecule has 1 aliphatic heterocycles. The van der Waals surface area contributed by atoms with Crippen LogP contribution in [0.5, 0.6) is 5.88 Å². The standard InChI is InChI=1S/C16H11ClN2O5/c1-2-23-13-12(17)7-9(8-18-13)16(22)24-19-14(20)10-5-3-4-6-11(10)15(19)21/h3-8H,2H2,1H3. The van der Waals surface area contributed by atoms with Crippen LogP contribution in [0.1, 0.15) is 38.0 Å². The number of hydrogen-bond acceptors (Lipinski definition) is 6. The minimum atomic E-state index is -0.929. The molecule has 0 fully saturated rings. The third kappa shape index (κ3) is 2.69. The Morgan fingerprint density at radius 3 is 2.38 bits per heavy atom. The first kappa shape index (κ1) is 15.9. The zero-order valence-electron chi connectivity index (χ0n) is 12.5. The van der Waals surface area contributed by atoms with E-state index in [2.05, 4.69) is 4.98 Å². The molecule has 2 heterocycles. The van der Waals surface area contributed by atoms with E-state index in [4.69, 9.17) is 21.2 Å². The number of hydrogen-bond donors (Lipinski definition) is 0. The quantitative estimate of drug-likeness (QED) is 0.791. The number of hydroxylamine groups is 2. The lowest BCUT2D eigenvalue weighted by atomic mass is 10.1. The third-order valence-electron chi connectivity index (χ3n) is 3.26. The highest BCUT2D eigenvalue weighted by Crippen LogP contribution is 2.25. The SMILES string of the molecule is CCOc1ncc(C(=O)ON2C(=O)c3ccccc3C2=O)cc1Cl. The number of carbonyl (C=O) groups is 3. The van der Waals surface area contributed by atoms with E-state index in [-0.39, 0.29) is 27.6 Å². The molecule has 0 saturated carbocycles. The van der Waals surface area contributed by atoms with Crippen molar-refractivity contribution in [3.63, 3.8) is 0 Å². The van der Waals surface area contributed by atoms with Crippen LogP contribution >= 0.6 is 11.6 Å². The van der Waals surface area contributed by atoms with Gasteiger partial charge in [0.05, 0.1) is 23.3 Å². The molecule has 1 aromatic heterocycles. The summed E-state index contributed by atoms with van der Waals surface area (Å²) in [6.07, 6.45) is 1.19. The summed E-state index contributed by atoms with van der Waals surface area (Å²) in [5.74, 6) is -2.15. The Morgan fingerprint density at radius 2 is 1.83 bits per heavy atom. The van der Waals surface area contributed by atoms with Gasteiger partial charge in [-0.25, -0.2) is 9.78 Å². The van der Waals surface area contributed by atoms with Crippen LogP contribution in [0.15, 0.2) is 36.5 Å². The van der Waals surface area contributed by atoms with Gasteiger partial charge < -0.3 is 9.57 Å². The minimum absolute atomic E-state index is 0.0139. The molecule has 2 aromatic rings. The average Bonchev–Trinajstić information content (AvgIpc) is 2.82. The van der Waals surface area contributed by atoms with E-state index in [1.54, 1.807) is 19.1 Å². The van der Waals surface area contributed by atoms with Crippen molar-refractivity contribution >= 4 is 29.4 Å². The topological polar surface area (TPSA) is 85.8 Å². The molecule has 0 atom stereocenters. The molecule has 24 heavy (non-hydrogen) atoms. The summed E-state index contributed by atoms with van der Waals surface area (Å²) in [6.45, 7) is 2.13. The van der Waals surface area contributed by atoms with Crippen LogP contribution in [-0.2, 0) is 4.84 Å². The molecule has 122 valence electrons. The van der Waals surface area contributed by atoms with Crippen LogP contribution in [0.25, 0.3) is 0 Å². The summed E-state index contributed by atoms with van der Waals surface area (Å²) in [5.41, 5.74) is 0.344. The van der Waals surface area contributed by atoms with Gasteiger partial charge in [-0.15, -0.1) is 0 Å². The van der Waals surface area contributed by atoms with Gasteiger partial charge in [-0.2, -0.15) is 0 Å². The molecule has 3 rings (SSSR count). The third-order valence-corrected chi connectivity index (χ3v) is 3.53. The van der Waals surface area contributed by atoms with Gasteiger partial charge in [-0.1, -0.05) is 28.8 Å². The molecule has 8 heteroatoms. The van der Waals surface area contributed by atoms with Crippen LogP contribution < -0.4 is 4.74 Å². The molecule has 0 N–H and O–H groups in total. The largest absolute Gasteiger partial charge is 0.477 e. The Hall–Kier alpha value is -2.93. The molecule has 0 bridgehead atoms. The van der Waals surface area contributed by atoms with E-state index in [9.17, 15) is 14.4 Å². The minimum Gasteiger partial charge on any atom is -0.477 e. The second-order valence-corrected chi connectivity index (χ2v) is 5.18. The molecule has 0 saturated heterocycles. The molecule has 7 nitrogen and oxygen atoms in total. The lowest BCUT2D eigenvalue weighted by Gasteiger charge is -2.13. The first-order valence-electron chi connectivity index (χ1n) is 7.01. The van der Waals surface area contributed by atoms with Gasteiger partial charge in [0, 0.05) is 6.20 Å². The number of halogens is 1. The number of benzene rings is 1. The van der Waals surface area contributed by atoms with Crippen molar-refractivity contribution in [1.29, 1.82) is 0 Å². The van der Waals surface area contributed by atoms with Crippen LogP contribution in [-0.4, -0.2) is 34.4 Å². The summed E-state index contributed by atoms with van der Waals surface area (Å²) >= 11 is 5.96. The number of nitrogens with zero attached hydrogens (tertiary/aromatic N) is 2. The number of fused-ring (bicyclic) bond motifs is 1. The highest BCUT2D eigenvalue weighted by molar-refractivity contribution is 6.32. The fourth-order valence-electron chi connectivity index (χ4n) is 2.17. The van der Waals surface area contributed by atoms with E-state index in [0.29, 0.717) is 11.7 Å². The van der Waals surface area contributed by atoms with Crippen molar-refractivity contribution in [2.24, 2.45) is 0 Å². The van der Waals surface area contributed by atoms with Crippen molar-refractivity contribution in [1.82, 2.24) is 10.0 Å². The number of amides is 2. The number of rotatable bonds is 4. The molecule has 0 spiro atoms. The molecule has 1 aromatic carbocycles. The molecule has 0 aliphatic carbocycles. The van der Waals surface area contributed by atoms with Crippen molar-refractivity contribution in [2.45, 2.75) is 6.92 Å². The summed E-state index contributed by atoms with van der Waals surface area (Å²) in [7, 11) is 0. The number of pyridine rings is 1. The highest BCUT2D eigenvalue weighted by Gasteiger charge is 2.38.